The van der Waals surface area contributed by atoms with Crippen LogP contribution in [0.5, 0.6) is 5.88 Å². The molecule has 0 aliphatic heterocycles. The maximum Gasteiger partial charge on any atom is 0.389 e. The zero-order chi connectivity index (χ0) is 15.9. The summed E-state index contributed by atoms with van der Waals surface area (Å²) < 4.78 is 41.5. The van der Waals surface area contributed by atoms with E-state index in [2.05, 4.69) is 24.1 Å². The van der Waals surface area contributed by atoms with E-state index in [0.29, 0.717) is 18.5 Å². The van der Waals surface area contributed by atoms with E-state index in [4.69, 9.17) is 4.74 Å². The molecule has 0 fully saturated rings. The molecule has 1 N–H and O–H groups in total. The zero-order valence-electron chi connectivity index (χ0n) is 12.8. The molecule has 6 heteroatoms. The standard InChI is InChI=1S/C15H23F3N2O/c1-4-13-8-12(10-19-11(2)3)9-14(20-13)21-7-5-6-15(16,17)18/h8-9,11,19H,4-7,10H2,1-3H3. The molecule has 3 nitrogen and oxygen atoms in total. The Kier molecular flexibility index (Phi) is 6.95. The van der Waals surface area contributed by atoms with Crippen molar-refractivity contribution in [2.24, 2.45) is 0 Å². The number of rotatable bonds is 8. The van der Waals surface area contributed by atoms with E-state index < -0.39 is 12.6 Å². The normalized spacial score (nSPS) is 12.0. The van der Waals surface area contributed by atoms with Crippen molar-refractivity contribution < 1.29 is 17.9 Å². The highest BCUT2D eigenvalue weighted by atomic mass is 19.4. The summed E-state index contributed by atoms with van der Waals surface area (Å²) in [5, 5.41) is 3.30. The number of pyridine rings is 1. The van der Waals surface area contributed by atoms with Crippen LogP contribution in [-0.4, -0.2) is 23.8 Å². The number of alkyl halides is 3. The Hall–Kier alpha value is -1.30. The maximum absolute atomic E-state index is 12.1. The highest BCUT2D eigenvalue weighted by Crippen LogP contribution is 2.21. The van der Waals surface area contributed by atoms with Crippen LogP contribution in [0.2, 0.25) is 0 Å². The van der Waals surface area contributed by atoms with Crippen LogP contribution in [0, 0.1) is 0 Å². The Labute approximate surface area is 123 Å². The van der Waals surface area contributed by atoms with Crippen LogP contribution in [0.3, 0.4) is 0 Å². The smallest absolute Gasteiger partial charge is 0.389 e. The third-order valence-corrected chi connectivity index (χ3v) is 2.85. The summed E-state index contributed by atoms with van der Waals surface area (Å²) in [5.41, 5.74) is 1.91. The summed E-state index contributed by atoms with van der Waals surface area (Å²) in [7, 11) is 0. The van der Waals surface area contributed by atoms with Crippen molar-refractivity contribution in [3.63, 3.8) is 0 Å². The predicted octanol–water partition coefficient (Wildman–Crippen LogP) is 3.86. The number of ether oxygens (including phenoxy) is 1. The Bertz CT molecular complexity index is 433. The molecule has 0 aliphatic carbocycles. The van der Waals surface area contributed by atoms with Crippen LogP contribution < -0.4 is 10.1 Å². The van der Waals surface area contributed by atoms with Crippen LogP contribution in [0.4, 0.5) is 13.2 Å². The first-order valence-corrected chi connectivity index (χ1v) is 7.23. The molecule has 0 aliphatic rings. The summed E-state index contributed by atoms with van der Waals surface area (Å²) in [6.07, 6.45) is -4.26. The van der Waals surface area contributed by atoms with Crippen LogP contribution in [0.15, 0.2) is 12.1 Å². The molecule has 0 spiro atoms. The fourth-order valence-electron chi connectivity index (χ4n) is 1.75. The third-order valence-electron chi connectivity index (χ3n) is 2.85. The van der Waals surface area contributed by atoms with Crippen molar-refractivity contribution in [2.75, 3.05) is 6.61 Å². The topological polar surface area (TPSA) is 34.1 Å². The summed E-state index contributed by atoms with van der Waals surface area (Å²) in [6.45, 7) is 6.80. The van der Waals surface area contributed by atoms with Gasteiger partial charge < -0.3 is 10.1 Å². The van der Waals surface area contributed by atoms with E-state index in [1.54, 1.807) is 6.07 Å². The molecule has 0 saturated heterocycles. The van der Waals surface area contributed by atoms with E-state index in [1.807, 2.05) is 13.0 Å². The summed E-state index contributed by atoms with van der Waals surface area (Å²) in [4.78, 5) is 4.28. The lowest BCUT2D eigenvalue weighted by molar-refractivity contribution is -0.136. The van der Waals surface area contributed by atoms with Gasteiger partial charge >= 0.3 is 6.18 Å². The second kappa shape index (κ2) is 8.22. The second-order valence-corrected chi connectivity index (χ2v) is 5.26. The average Bonchev–Trinajstić information content (AvgIpc) is 2.40. The van der Waals surface area contributed by atoms with Gasteiger partial charge in [0.1, 0.15) is 0 Å². The van der Waals surface area contributed by atoms with Crippen molar-refractivity contribution in [1.82, 2.24) is 10.3 Å². The van der Waals surface area contributed by atoms with Crippen LogP contribution in [-0.2, 0) is 13.0 Å². The van der Waals surface area contributed by atoms with Gasteiger partial charge in [-0.1, -0.05) is 20.8 Å². The van der Waals surface area contributed by atoms with Gasteiger partial charge in [-0.3, -0.25) is 0 Å². The van der Waals surface area contributed by atoms with Gasteiger partial charge in [0, 0.05) is 30.8 Å². The van der Waals surface area contributed by atoms with Gasteiger partial charge in [0.2, 0.25) is 5.88 Å². The van der Waals surface area contributed by atoms with Gasteiger partial charge in [-0.15, -0.1) is 0 Å². The fraction of sp³-hybridized carbons (Fsp3) is 0.667. The third kappa shape index (κ3) is 7.90. The molecule has 0 atom stereocenters. The SMILES string of the molecule is CCc1cc(CNC(C)C)cc(OCCCC(F)(F)F)n1. The molecular weight excluding hydrogens is 281 g/mol. The quantitative estimate of drug-likeness (QED) is 0.740. The Morgan fingerprint density at radius 3 is 2.57 bits per heavy atom. The monoisotopic (exact) mass is 304 g/mol. The molecular formula is C15H23F3N2O. The lowest BCUT2D eigenvalue weighted by Gasteiger charge is -2.12. The fourth-order valence-corrected chi connectivity index (χ4v) is 1.75. The van der Waals surface area contributed by atoms with Gasteiger partial charge in [0.05, 0.1) is 6.61 Å². The number of hydrogen-bond acceptors (Lipinski definition) is 3. The van der Waals surface area contributed by atoms with Gasteiger partial charge in [-0.2, -0.15) is 13.2 Å². The van der Waals surface area contributed by atoms with Gasteiger partial charge in [0.25, 0.3) is 0 Å². The first-order valence-electron chi connectivity index (χ1n) is 7.23. The number of hydrogen-bond donors (Lipinski definition) is 1. The summed E-state index contributed by atoms with van der Waals surface area (Å²) in [6, 6.07) is 4.12. The number of halogens is 3. The Morgan fingerprint density at radius 2 is 2.00 bits per heavy atom. The van der Waals surface area contributed by atoms with Crippen molar-refractivity contribution in [2.45, 2.75) is 58.8 Å². The molecule has 0 saturated carbocycles. The molecule has 1 rings (SSSR count). The molecule has 0 aromatic carbocycles. The molecule has 0 unspecified atom stereocenters. The van der Waals surface area contributed by atoms with Crippen molar-refractivity contribution in [3.8, 4) is 5.88 Å². The Morgan fingerprint density at radius 1 is 1.29 bits per heavy atom. The summed E-state index contributed by atoms with van der Waals surface area (Å²) >= 11 is 0. The minimum absolute atomic E-state index is 0.0245. The molecule has 0 radical (unpaired) electrons. The Balaban J connectivity index is 2.57. The second-order valence-electron chi connectivity index (χ2n) is 5.26. The minimum atomic E-state index is -4.13. The maximum atomic E-state index is 12.1. The van der Waals surface area contributed by atoms with Crippen LogP contribution in [0.25, 0.3) is 0 Å². The van der Waals surface area contributed by atoms with Gasteiger partial charge in [-0.05, 0) is 24.5 Å². The molecule has 0 amide bonds. The molecule has 0 bridgehead atoms. The highest BCUT2D eigenvalue weighted by Gasteiger charge is 2.26. The highest BCUT2D eigenvalue weighted by molar-refractivity contribution is 5.25. The number of aromatic nitrogens is 1. The van der Waals surface area contributed by atoms with Crippen LogP contribution in [0.1, 0.15) is 44.9 Å². The number of aryl methyl sites for hydroxylation is 1. The first-order chi connectivity index (χ1) is 9.80. The van der Waals surface area contributed by atoms with Gasteiger partial charge in [0.15, 0.2) is 0 Å². The first kappa shape index (κ1) is 17.8. The average molecular weight is 304 g/mol. The molecule has 1 aromatic rings. The number of nitrogens with zero attached hydrogens (tertiary/aromatic N) is 1. The molecule has 1 heterocycles. The predicted molar refractivity (Wildman–Crippen MR) is 76.4 cm³/mol. The zero-order valence-corrected chi connectivity index (χ0v) is 12.8. The lowest BCUT2D eigenvalue weighted by atomic mass is 10.2. The van der Waals surface area contributed by atoms with E-state index >= 15 is 0 Å². The van der Waals surface area contributed by atoms with Crippen LogP contribution >= 0.6 is 0 Å². The molecule has 1 aromatic heterocycles. The molecule has 120 valence electrons. The molecule has 21 heavy (non-hydrogen) atoms. The summed E-state index contributed by atoms with van der Waals surface area (Å²) in [5.74, 6) is 0.400. The van der Waals surface area contributed by atoms with Gasteiger partial charge in [-0.25, -0.2) is 4.98 Å². The number of nitrogens with one attached hydrogen (secondary N) is 1. The van der Waals surface area contributed by atoms with E-state index in [-0.39, 0.29) is 13.0 Å². The largest absolute Gasteiger partial charge is 0.478 e. The minimum Gasteiger partial charge on any atom is -0.478 e. The lowest BCUT2D eigenvalue weighted by Crippen LogP contribution is -2.22. The van der Waals surface area contributed by atoms with E-state index in [1.165, 1.54) is 0 Å². The van der Waals surface area contributed by atoms with E-state index in [0.717, 1.165) is 17.7 Å². The van der Waals surface area contributed by atoms with Crippen molar-refractivity contribution in [1.29, 1.82) is 0 Å². The van der Waals surface area contributed by atoms with Crippen molar-refractivity contribution in [3.05, 3.63) is 23.4 Å². The van der Waals surface area contributed by atoms with Crippen molar-refractivity contribution >= 4 is 0 Å². The van der Waals surface area contributed by atoms with E-state index in [9.17, 15) is 13.2 Å².